The van der Waals surface area contributed by atoms with E-state index in [-0.39, 0.29) is 5.91 Å². The first-order valence-corrected chi connectivity index (χ1v) is 8.06. The summed E-state index contributed by atoms with van der Waals surface area (Å²) in [6.45, 7) is 6.16. The maximum atomic E-state index is 12.2. The first-order valence-electron chi connectivity index (χ1n) is 8.06. The van der Waals surface area contributed by atoms with Gasteiger partial charge in [-0.15, -0.1) is 5.10 Å². The number of aromatic nitrogens is 4. The molecule has 1 amide bonds. The molecule has 1 fully saturated rings. The number of nitrogens with zero attached hydrogens (tertiary/aromatic N) is 5. The highest BCUT2D eigenvalue weighted by Gasteiger charge is 2.15. The summed E-state index contributed by atoms with van der Waals surface area (Å²) in [6.07, 6.45) is 4.10. The first kappa shape index (κ1) is 15.6. The Morgan fingerprint density at radius 3 is 2.87 bits per heavy atom. The molecule has 1 aromatic carbocycles. The molecule has 0 saturated carbocycles. The summed E-state index contributed by atoms with van der Waals surface area (Å²) in [6, 6.07) is 7.24. The van der Waals surface area contributed by atoms with Crippen molar-refractivity contribution in [3.63, 3.8) is 0 Å². The molecule has 0 aliphatic carbocycles. The third kappa shape index (κ3) is 4.13. The summed E-state index contributed by atoms with van der Waals surface area (Å²) < 4.78 is 1.55. The Morgan fingerprint density at radius 1 is 1.35 bits per heavy atom. The van der Waals surface area contributed by atoms with Crippen molar-refractivity contribution in [2.75, 3.05) is 26.2 Å². The van der Waals surface area contributed by atoms with Crippen LogP contribution in [0.4, 0.5) is 0 Å². The van der Waals surface area contributed by atoms with Crippen LogP contribution < -0.4 is 5.32 Å². The molecule has 122 valence electrons. The minimum atomic E-state index is -0.0432. The first-order chi connectivity index (χ1) is 11.2. The van der Waals surface area contributed by atoms with Crippen molar-refractivity contribution < 1.29 is 4.79 Å². The Morgan fingerprint density at radius 2 is 2.17 bits per heavy atom. The second kappa shape index (κ2) is 7.32. The number of tetrazole rings is 1. The zero-order valence-electron chi connectivity index (χ0n) is 13.4. The van der Waals surface area contributed by atoms with Crippen molar-refractivity contribution in [3.05, 3.63) is 36.2 Å². The van der Waals surface area contributed by atoms with Gasteiger partial charge in [0, 0.05) is 25.2 Å². The highest BCUT2D eigenvalue weighted by Crippen LogP contribution is 2.14. The number of amides is 1. The van der Waals surface area contributed by atoms with Crippen LogP contribution in [0.25, 0.3) is 5.69 Å². The van der Waals surface area contributed by atoms with Gasteiger partial charge in [0.1, 0.15) is 6.33 Å². The fourth-order valence-corrected chi connectivity index (χ4v) is 2.96. The number of hydrogen-bond donors (Lipinski definition) is 1. The van der Waals surface area contributed by atoms with Crippen LogP contribution >= 0.6 is 0 Å². The standard InChI is InChI=1S/C16H22N6O/c1-13-3-2-9-21(11-13)10-8-17-16(23)14-4-6-15(7-5-14)22-12-18-19-20-22/h4-7,12-13H,2-3,8-11H2,1H3,(H,17,23). The monoisotopic (exact) mass is 314 g/mol. The number of carbonyl (C=O) groups is 1. The van der Waals surface area contributed by atoms with E-state index in [1.165, 1.54) is 19.2 Å². The minimum absolute atomic E-state index is 0.0432. The van der Waals surface area contributed by atoms with Crippen LogP contribution in [-0.2, 0) is 0 Å². The highest BCUT2D eigenvalue weighted by atomic mass is 16.1. The van der Waals surface area contributed by atoms with Gasteiger partial charge in [0.05, 0.1) is 5.69 Å². The zero-order chi connectivity index (χ0) is 16.1. The lowest BCUT2D eigenvalue weighted by Crippen LogP contribution is -2.40. The zero-order valence-corrected chi connectivity index (χ0v) is 13.4. The Kier molecular flexibility index (Phi) is 4.97. The third-order valence-electron chi connectivity index (χ3n) is 4.20. The van der Waals surface area contributed by atoms with E-state index in [0.717, 1.165) is 31.2 Å². The van der Waals surface area contributed by atoms with E-state index in [4.69, 9.17) is 0 Å². The average Bonchev–Trinajstić information content (AvgIpc) is 3.09. The summed E-state index contributed by atoms with van der Waals surface area (Å²) in [5, 5.41) is 14.0. The van der Waals surface area contributed by atoms with E-state index < -0.39 is 0 Å². The SMILES string of the molecule is CC1CCCN(CCNC(=O)c2ccc(-n3cnnn3)cc2)C1. The van der Waals surface area contributed by atoms with E-state index in [1.807, 2.05) is 12.1 Å². The van der Waals surface area contributed by atoms with Crippen molar-refractivity contribution in [2.24, 2.45) is 5.92 Å². The summed E-state index contributed by atoms with van der Waals surface area (Å²) in [7, 11) is 0. The molecule has 0 spiro atoms. The number of likely N-dealkylation sites (tertiary alicyclic amines) is 1. The second-order valence-electron chi connectivity index (χ2n) is 6.11. The molecule has 2 aromatic rings. The van der Waals surface area contributed by atoms with Gasteiger partial charge in [-0.25, -0.2) is 4.68 Å². The molecule has 7 nitrogen and oxygen atoms in total. The minimum Gasteiger partial charge on any atom is -0.351 e. The Labute approximate surface area is 135 Å². The Balaban J connectivity index is 1.48. The summed E-state index contributed by atoms with van der Waals surface area (Å²) in [5.41, 5.74) is 1.47. The smallest absolute Gasteiger partial charge is 0.251 e. The molecule has 23 heavy (non-hydrogen) atoms. The molecule has 0 bridgehead atoms. The van der Waals surface area contributed by atoms with E-state index in [9.17, 15) is 4.79 Å². The molecule has 1 N–H and O–H groups in total. The van der Waals surface area contributed by atoms with E-state index in [2.05, 4.69) is 32.7 Å². The number of carbonyl (C=O) groups excluding carboxylic acids is 1. The van der Waals surface area contributed by atoms with Crippen LogP contribution in [0.1, 0.15) is 30.1 Å². The molecule has 3 rings (SSSR count). The van der Waals surface area contributed by atoms with Crippen molar-refractivity contribution in [2.45, 2.75) is 19.8 Å². The van der Waals surface area contributed by atoms with E-state index in [0.29, 0.717) is 12.1 Å². The van der Waals surface area contributed by atoms with Crippen molar-refractivity contribution in [1.82, 2.24) is 30.4 Å². The molecule has 1 atom stereocenters. The third-order valence-corrected chi connectivity index (χ3v) is 4.20. The van der Waals surface area contributed by atoms with E-state index in [1.54, 1.807) is 16.8 Å². The predicted octanol–water partition coefficient (Wildman–Crippen LogP) is 1.12. The van der Waals surface area contributed by atoms with Crippen molar-refractivity contribution in [3.8, 4) is 5.69 Å². The summed E-state index contributed by atoms with van der Waals surface area (Å²) >= 11 is 0. The summed E-state index contributed by atoms with van der Waals surface area (Å²) in [4.78, 5) is 14.6. The lowest BCUT2D eigenvalue weighted by molar-refractivity contribution is 0.0944. The molecule has 2 heterocycles. The lowest BCUT2D eigenvalue weighted by Gasteiger charge is -2.30. The largest absolute Gasteiger partial charge is 0.351 e. The van der Waals surface area contributed by atoms with Gasteiger partial charge in [0.2, 0.25) is 0 Å². The van der Waals surface area contributed by atoms with Crippen LogP contribution in [0.2, 0.25) is 0 Å². The van der Waals surface area contributed by atoms with Gasteiger partial charge in [-0.2, -0.15) is 0 Å². The van der Waals surface area contributed by atoms with Crippen LogP contribution in [0.5, 0.6) is 0 Å². The molecule has 1 aliphatic heterocycles. The van der Waals surface area contributed by atoms with Crippen molar-refractivity contribution >= 4 is 5.91 Å². The maximum absolute atomic E-state index is 12.2. The number of hydrogen-bond acceptors (Lipinski definition) is 5. The van der Waals surface area contributed by atoms with Crippen molar-refractivity contribution in [1.29, 1.82) is 0 Å². The van der Waals surface area contributed by atoms with Crippen LogP contribution in [0.3, 0.4) is 0 Å². The second-order valence-corrected chi connectivity index (χ2v) is 6.11. The van der Waals surface area contributed by atoms with Crippen LogP contribution in [-0.4, -0.2) is 57.2 Å². The van der Waals surface area contributed by atoms with Crippen LogP contribution in [0, 0.1) is 5.92 Å². The van der Waals surface area contributed by atoms with Gasteiger partial charge in [-0.05, 0) is 60.0 Å². The quantitative estimate of drug-likeness (QED) is 0.895. The number of piperidine rings is 1. The topological polar surface area (TPSA) is 75.9 Å². The predicted molar refractivity (Wildman–Crippen MR) is 86.3 cm³/mol. The molecular weight excluding hydrogens is 292 g/mol. The number of rotatable bonds is 5. The van der Waals surface area contributed by atoms with Gasteiger partial charge in [-0.3, -0.25) is 4.79 Å². The Hall–Kier alpha value is -2.28. The molecule has 1 unspecified atom stereocenters. The fraction of sp³-hybridized carbons (Fsp3) is 0.500. The van der Waals surface area contributed by atoms with Gasteiger partial charge < -0.3 is 10.2 Å². The molecule has 1 aliphatic rings. The highest BCUT2D eigenvalue weighted by molar-refractivity contribution is 5.94. The van der Waals surface area contributed by atoms with Crippen LogP contribution in [0.15, 0.2) is 30.6 Å². The molecule has 0 radical (unpaired) electrons. The number of benzene rings is 1. The normalized spacial score (nSPS) is 18.7. The number of nitrogens with one attached hydrogen (secondary N) is 1. The van der Waals surface area contributed by atoms with Gasteiger partial charge in [-0.1, -0.05) is 6.92 Å². The molecular formula is C16H22N6O. The molecule has 7 heteroatoms. The van der Waals surface area contributed by atoms with Gasteiger partial charge >= 0.3 is 0 Å². The lowest BCUT2D eigenvalue weighted by atomic mass is 10.0. The average molecular weight is 314 g/mol. The van der Waals surface area contributed by atoms with E-state index >= 15 is 0 Å². The Bertz CT molecular complexity index is 625. The van der Waals surface area contributed by atoms with Gasteiger partial charge in [0.15, 0.2) is 0 Å². The van der Waals surface area contributed by atoms with Gasteiger partial charge in [0.25, 0.3) is 5.91 Å². The summed E-state index contributed by atoms with van der Waals surface area (Å²) in [5.74, 6) is 0.719. The molecule has 1 saturated heterocycles. The molecule has 1 aromatic heterocycles. The fourth-order valence-electron chi connectivity index (χ4n) is 2.96. The maximum Gasteiger partial charge on any atom is 0.251 e.